The number of rotatable bonds is 54. The molecule has 21 nitrogen and oxygen atoms in total. The maximum absolute atomic E-state index is 13.6. The number of hydrogen-bond acceptors (Lipinski definition) is 21. The predicted molar refractivity (Wildman–Crippen MR) is 466 cm³/mol. The molecule has 15 unspecified atom stereocenters. The first-order chi connectivity index (χ1) is 60.6. The molecule has 123 heavy (non-hydrogen) atoms. The van der Waals surface area contributed by atoms with E-state index in [-0.39, 0.29) is 118 Å². The highest BCUT2D eigenvalue weighted by Gasteiger charge is 2.51. The van der Waals surface area contributed by atoms with E-state index in [0.717, 1.165) is 66.4 Å². The van der Waals surface area contributed by atoms with Crippen molar-refractivity contribution in [3.05, 3.63) is 371 Å². The van der Waals surface area contributed by atoms with E-state index in [0.29, 0.717) is 6.61 Å². The molecule has 0 saturated carbocycles. The molecule has 0 aromatic heterocycles. The van der Waals surface area contributed by atoms with Gasteiger partial charge in [-0.25, -0.2) is 0 Å². The second-order valence-electron chi connectivity index (χ2n) is 30.2. The molecule has 0 radical (unpaired) electrons. The van der Waals surface area contributed by atoms with E-state index in [2.05, 4.69) is 30.3 Å². The molecular formula is C101H111O21P. The van der Waals surface area contributed by atoms with E-state index in [4.69, 9.17) is 89.4 Å². The normalized spacial score (nSPS) is 19.4. The second-order valence-corrected chi connectivity index (χ2v) is 31.4. The second kappa shape index (κ2) is 50.5. The zero-order chi connectivity index (χ0) is 84.7. The van der Waals surface area contributed by atoms with E-state index in [1.165, 1.54) is 14.0 Å². The summed E-state index contributed by atoms with van der Waals surface area (Å²) in [5.41, 5.74) is 9.15. The lowest BCUT2D eigenvalue weighted by atomic mass is 10.1. The lowest BCUT2D eigenvalue weighted by molar-refractivity contribution is -0.221. The summed E-state index contributed by atoms with van der Waals surface area (Å²) in [6, 6.07) is 103. The highest BCUT2D eigenvalue weighted by molar-refractivity contribution is 7.41. The van der Waals surface area contributed by atoms with Gasteiger partial charge in [-0.1, -0.05) is 309 Å². The van der Waals surface area contributed by atoms with Crippen molar-refractivity contribution in [2.45, 2.75) is 172 Å². The largest absolute Gasteiger partial charge is 0.456 e. The van der Waals surface area contributed by atoms with Crippen molar-refractivity contribution in [2.75, 3.05) is 53.9 Å². The van der Waals surface area contributed by atoms with Crippen molar-refractivity contribution in [2.24, 2.45) is 0 Å². The van der Waals surface area contributed by atoms with Crippen LogP contribution in [0.25, 0.3) is 10.8 Å². The van der Waals surface area contributed by atoms with Crippen LogP contribution >= 0.6 is 8.60 Å². The van der Waals surface area contributed by atoms with Gasteiger partial charge in [0.1, 0.15) is 72.9 Å². The van der Waals surface area contributed by atoms with Crippen LogP contribution in [0.1, 0.15) is 75.4 Å². The van der Waals surface area contributed by atoms with Crippen LogP contribution in [0.15, 0.2) is 315 Å². The van der Waals surface area contributed by atoms with Crippen LogP contribution < -0.4 is 0 Å². The fourth-order valence-electron chi connectivity index (χ4n) is 14.4. The highest BCUT2D eigenvalue weighted by atomic mass is 31.2. The number of fused-ring (bicyclic) bond motifs is 1. The van der Waals surface area contributed by atoms with Gasteiger partial charge in [0, 0.05) is 20.6 Å². The fraction of sp³-hybridized carbons (Fsp3) is 0.347. The van der Waals surface area contributed by atoms with Crippen molar-refractivity contribution in [3.8, 4) is 0 Å². The summed E-state index contributed by atoms with van der Waals surface area (Å²) in [6.45, 7) is 2.83. The van der Waals surface area contributed by atoms with Gasteiger partial charge in [0.2, 0.25) is 0 Å². The Morgan fingerprint density at radius 2 is 0.650 bits per heavy atom. The Bertz CT molecular complexity index is 4750. The number of benzene rings is 11. The van der Waals surface area contributed by atoms with Crippen LogP contribution in [0.2, 0.25) is 0 Å². The zero-order valence-corrected chi connectivity index (χ0v) is 70.7. The van der Waals surface area contributed by atoms with E-state index >= 15 is 0 Å². The van der Waals surface area contributed by atoms with Gasteiger partial charge >= 0.3 is 14.6 Å². The van der Waals surface area contributed by atoms with E-state index < -0.39 is 100 Å². The third-order valence-electron chi connectivity index (χ3n) is 21.0. The summed E-state index contributed by atoms with van der Waals surface area (Å²) in [5.74, 6) is -0.756. The van der Waals surface area contributed by atoms with Gasteiger partial charge < -0.3 is 94.2 Å². The van der Waals surface area contributed by atoms with E-state index in [1.54, 1.807) is 7.11 Å². The van der Waals surface area contributed by atoms with Gasteiger partial charge in [0.05, 0.1) is 112 Å². The number of ether oxygens (including phenoxy) is 16. The number of methoxy groups -OCH3 is 2. The number of Topliss-reactive ketones (excluding diaryl/α,β-unsaturated/α-hetero) is 1. The summed E-state index contributed by atoms with van der Waals surface area (Å²) in [4.78, 5) is 25.8. The van der Waals surface area contributed by atoms with Crippen LogP contribution in [0.4, 0.5) is 0 Å². The molecule has 0 spiro atoms. The monoisotopic (exact) mass is 1690 g/mol. The first kappa shape index (κ1) is 91.2. The molecule has 646 valence electrons. The lowest BCUT2D eigenvalue weighted by Crippen LogP contribution is -2.48. The van der Waals surface area contributed by atoms with Gasteiger partial charge in [0.15, 0.2) is 18.7 Å². The molecule has 0 N–H and O–H groups in total. The van der Waals surface area contributed by atoms with Crippen molar-refractivity contribution in [1.82, 2.24) is 0 Å². The minimum Gasteiger partial charge on any atom is -0.456 e. The molecule has 2 aliphatic heterocycles. The summed E-state index contributed by atoms with van der Waals surface area (Å²) in [5, 5.41) is 2.24. The van der Waals surface area contributed by atoms with E-state index in [1.807, 2.05) is 285 Å². The summed E-state index contributed by atoms with van der Waals surface area (Å²) in [7, 11) is 0.631. The van der Waals surface area contributed by atoms with Crippen LogP contribution in [0.3, 0.4) is 0 Å². The van der Waals surface area contributed by atoms with Gasteiger partial charge in [-0.15, -0.1) is 0 Å². The molecule has 0 bridgehead atoms. The maximum Gasteiger partial charge on any atom is 0.333 e. The molecule has 2 fully saturated rings. The third kappa shape index (κ3) is 29.6. The minimum atomic E-state index is -2.46. The molecular weight excluding hydrogens is 1580 g/mol. The first-order valence-corrected chi connectivity index (χ1v) is 43.0. The molecule has 0 aliphatic carbocycles. The SMILES string of the molecule is COC1C(OCC(OCc2ccccc2)C(OCc2ccccc2)C(COP(OCc2ccccc2)OC2C(COCc3ccccc3)OC(OCC(OCc3ccccc3)C(OCc3ccccc3)C(COCc3ccc4ccccc4c3)OCc3ccccc3)C2OC)OCc2ccccc2)OC(COCc2ccccc2)C1OC(=O)CCC(C)=O. The average molecular weight is 1690 g/mol. The topological polar surface area (TPSA) is 210 Å². The summed E-state index contributed by atoms with van der Waals surface area (Å²) >= 11 is 0. The number of carbonyl (C=O) groups excluding carboxylic acids is 2. The number of ketones is 1. The van der Waals surface area contributed by atoms with Gasteiger partial charge in [-0.05, 0) is 79.4 Å². The molecule has 2 saturated heterocycles. The van der Waals surface area contributed by atoms with Crippen molar-refractivity contribution in [3.63, 3.8) is 0 Å². The van der Waals surface area contributed by atoms with Crippen LogP contribution in [-0.2, 0) is 165 Å². The molecule has 2 heterocycles. The van der Waals surface area contributed by atoms with Crippen molar-refractivity contribution in [1.29, 1.82) is 0 Å². The van der Waals surface area contributed by atoms with Crippen LogP contribution in [0, 0.1) is 0 Å². The van der Waals surface area contributed by atoms with Gasteiger partial charge in [0.25, 0.3) is 0 Å². The molecule has 13 rings (SSSR count). The number of esters is 1. The van der Waals surface area contributed by atoms with Crippen molar-refractivity contribution < 1.29 is 99.0 Å². The van der Waals surface area contributed by atoms with Gasteiger partial charge in [-0.3, -0.25) is 4.79 Å². The highest BCUT2D eigenvalue weighted by Crippen LogP contribution is 2.47. The molecule has 0 amide bonds. The van der Waals surface area contributed by atoms with Crippen LogP contribution in [0.5, 0.6) is 0 Å². The third-order valence-corrected chi connectivity index (χ3v) is 22.1. The average Bonchev–Trinajstić information content (AvgIpc) is 1.48. The maximum atomic E-state index is 13.6. The summed E-state index contributed by atoms with van der Waals surface area (Å²) < 4.78 is 131. The summed E-state index contributed by atoms with van der Waals surface area (Å²) in [6.07, 6.45) is -13.5. The smallest absolute Gasteiger partial charge is 0.333 e. The molecule has 2 aliphatic rings. The Balaban J connectivity index is 0.824. The quantitative estimate of drug-likeness (QED) is 0.0256. The van der Waals surface area contributed by atoms with Crippen molar-refractivity contribution >= 4 is 31.1 Å². The molecule has 11 aromatic carbocycles. The number of carbonyl (C=O) groups is 2. The Morgan fingerprint density at radius 1 is 0.317 bits per heavy atom. The standard InChI is InChI=1S/C101H111O21P/c1-74(102)53-56-93(103)121-96-91(69-106-58-75-33-13-4-14-34-75)119-100(98(96)104-2)115-72-89(111-63-79-41-21-8-22-42-79)95(114-66-82-47-27-11-28-48-82)90(112-64-80-43-23-9-24-44-80)73-118-123(117-67-83-49-29-12-30-50-83)122-97-92(70-107-59-76-35-15-5-16-36-76)120-101(99(97)105-3)116-71-88(110-62-78-39-19-7-20-40-78)94(113-65-81-45-25-10-26-46-81)87(109-61-77-37-17-6-18-38-77)68-108-60-84-54-55-85-51-31-32-52-86(85)57-84/h4-52,54-55,57,87-92,94-101H,53,56,58-73H2,1-3H3. The lowest BCUT2D eigenvalue weighted by Gasteiger charge is -2.35. The Hall–Kier alpha value is -9.47. The predicted octanol–water partition coefficient (Wildman–Crippen LogP) is 17.9. The molecule has 22 heteroatoms. The fourth-order valence-corrected chi connectivity index (χ4v) is 15.6. The molecule has 11 aromatic rings. The minimum absolute atomic E-state index is 0.000456. The van der Waals surface area contributed by atoms with Crippen LogP contribution in [-0.4, -0.2) is 151 Å². The number of hydrogen-bond donors (Lipinski definition) is 0. The Morgan fingerprint density at radius 3 is 1.05 bits per heavy atom. The first-order valence-electron chi connectivity index (χ1n) is 41.9. The Labute approximate surface area is 722 Å². The zero-order valence-electron chi connectivity index (χ0n) is 69.9. The van der Waals surface area contributed by atoms with Gasteiger partial charge in [-0.2, -0.15) is 0 Å². The Kier molecular flexibility index (Phi) is 37.4. The van der Waals surface area contributed by atoms with E-state index in [9.17, 15) is 9.59 Å². The molecule has 15 atom stereocenters.